The highest BCUT2D eigenvalue weighted by molar-refractivity contribution is 5.98. The van der Waals surface area contributed by atoms with E-state index in [9.17, 15) is 4.39 Å². The lowest BCUT2D eigenvalue weighted by Crippen LogP contribution is -2.01. The number of nitrogens with zero attached hydrogens (tertiary/aromatic N) is 6. The topological polar surface area (TPSA) is 85.2 Å². The van der Waals surface area contributed by atoms with E-state index >= 15 is 4.39 Å². The lowest BCUT2D eigenvalue weighted by molar-refractivity contribution is 0.615. The number of rotatable bonds is 3. The second-order valence-corrected chi connectivity index (χ2v) is 8.41. The van der Waals surface area contributed by atoms with Crippen LogP contribution < -0.4 is 0 Å². The highest BCUT2D eigenvalue weighted by atomic mass is 19.1. The molecule has 6 rings (SSSR count). The molecule has 0 bridgehead atoms. The molecular formula is C26H19F2N7. The Balaban J connectivity index is 1.73. The van der Waals surface area contributed by atoms with Gasteiger partial charge in [-0.2, -0.15) is 0 Å². The van der Waals surface area contributed by atoms with E-state index in [0.717, 1.165) is 40.0 Å². The summed E-state index contributed by atoms with van der Waals surface area (Å²) < 4.78 is 31.4. The number of nitrogens with one attached hydrogen (secondary N) is 1. The van der Waals surface area contributed by atoms with Gasteiger partial charge in [0, 0.05) is 23.7 Å². The summed E-state index contributed by atoms with van der Waals surface area (Å²) in [6.45, 7) is 5.58. The maximum absolute atomic E-state index is 15.0. The molecule has 7 nitrogen and oxygen atoms in total. The minimum Gasteiger partial charge on any atom is -0.325 e. The number of aromatic amines is 1. The molecule has 4 aromatic heterocycles. The largest absolute Gasteiger partial charge is 0.325 e. The van der Waals surface area contributed by atoms with E-state index in [-0.39, 0.29) is 10.9 Å². The second-order valence-electron chi connectivity index (χ2n) is 8.41. The first-order valence-electron chi connectivity index (χ1n) is 11.0. The summed E-state index contributed by atoms with van der Waals surface area (Å²) >= 11 is 0. The Morgan fingerprint density at radius 1 is 0.800 bits per heavy atom. The maximum atomic E-state index is 15.0. The Labute approximate surface area is 198 Å². The molecule has 35 heavy (non-hydrogen) atoms. The van der Waals surface area contributed by atoms with Gasteiger partial charge in [-0.25, -0.2) is 13.8 Å². The van der Waals surface area contributed by atoms with E-state index in [4.69, 9.17) is 4.98 Å². The van der Waals surface area contributed by atoms with E-state index in [0.29, 0.717) is 28.7 Å². The zero-order chi connectivity index (χ0) is 24.3. The first-order chi connectivity index (χ1) is 16.9. The number of H-pyrrole nitrogens is 1. The van der Waals surface area contributed by atoms with Crippen molar-refractivity contribution in [1.82, 2.24) is 34.7 Å². The first-order valence-corrected chi connectivity index (χ1v) is 11.0. The molecule has 4 heterocycles. The summed E-state index contributed by atoms with van der Waals surface area (Å²) in [6.07, 6.45) is 3.23. The number of pyridine rings is 2. The molecule has 9 heteroatoms. The lowest BCUT2D eigenvalue weighted by atomic mass is 10.0. The Hall–Kier alpha value is -4.53. The Bertz CT molecular complexity index is 1770. The normalized spacial score (nSPS) is 11.6. The SMILES string of the molecule is Cc1cc(-c2cc(-c3nnc(C)[nH]3)c3nc(C)n(-c4ccnc5c(F)ccc(F)c45)c3c2)ccn1. The zero-order valence-electron chi connectivity index (χ0n) is 19.1. The van der Waals surface area contributed by atoms with Crippen LogP contribution in [0.3, 0.4) is 0 Å². The number of benzene rings is 2. The zero-order valence-corrected chi connectivity index (χ0v) is 19.1. The first kappa shape index (κ1) is 21.0. The van der Waals surface area contributed by atoms with Crippen molar-refractivity contribution in [2.75, 3.05) is 0 Å². The molecule has 0 spiro atoms. The van der Waals surface area contributed by atoms with Crippen LogP contribution in [0, 0.1) is 32.4 Å². The van der Waals surface area contributed by atoms with E-state index in [1.807, 2.05) is 49.6 Å². The van der Waals surface area contributed by atoms with Gasteiger partial charge in [0.05, 0.1) is 16.6 Å². The van der Waals surface area contributed by atoms with Crippen LogP contribution in [0.15, 0.2) is 54.9 Å². The Kier molecular flexibility index (Phi) is 4.67. The molecule has 6 aromatic rings. The number of aryl methyl sites for hydroxylation is 3. The van der Waals surface area contributed by atoms with E-state index in [2.05, 4.69) is 25.1 Å². The van der Waals surface area contributed by atoms with Crippen LogP contribution >= 0.6 is 0 Å². The maximum Gasteiger partial charge on any atom is 0.163 e. The average Bonchev–Trinajstić information content (AvgIpc) is 3.42. The lowest BCUT2D eigenvalue weighted by Gasteiger charge is -2.13. The molecule has 2 aromatic carbocycles. The van der Waals surface area contributed by atoms with E-state index in [1.54, 1.807) is 12.3 Å². The molecule has 0 saturated heterocycles. The van der Waals surface area contributed by atoms with Crippen LogP contribution in [0.1, 0.15) is 17.3 Å². The number of aromatic nitrogens is 7. The third-order valence-electron chi connectivity index (χ3n) is 6.02. The fourth-order valence-electron chi connectivity index (χ4n) is 4.50. The van der Waals surface area contributed by atoms with Crippen molar-refractivity contribution in [3.63, 3.8) is 0 Å². The Morgan fingerprint density at radius 3 is 2.37 bits per heavy atom. The van der Waals surface area contributed by atoms with Gasteiger partial charge in [-0.15, -0.1) is 10.2 Å². The predicted molar refractivity (Wildman–Crippen MR) is 129 cm³/mol. The van der Waals surface area contributed by atoms with Crippen molar-refractivity contribution in [2.45, 2.75) is 20.8 Å². The van der Waals surface area contributed by atoms with Gasteiger partial charge in [-0.1, -0.05) is 0 Å². The van der Waals surface area contributed by atoms with Crippen molar-refractivity contribution < 1.29 is 8.78 Å². The minimum atomic E-state index is -0.587. The molecule has 0 atom stereocenters. The van der Waals surface area contributed by atoms with Crippen molar-refractivity contribution in [3.05, 3.63) is 83.8 Å². The molecular weight excluding hydrogens is 448 g/mol. The smallest absolute Gasteiger partial charge is 0.163 e. The quantitative estimate of drug-likeness (QED) is 0.365. The summed E-state index contributed by atoms with van der Waals surface area (Å²) in [5.41, 5.74) is 5.29. The third kappa shape index (κ3) is 3.35. The number of hydrogen-bond acceptors (Lipinski definition) is 5. The number of imidazole rings is 1. The summed E-state index contributed by atoms with van der Waals surface area (Å²) in [7, 11) is 0. The fourth-order valence-corrected chi connectivity index (χ4v) is 4.50. The molecule has 0 aliphatic carbocycles. The van der Waals surface area contributed by atoms with Gasteiger partial charge in [-0.3, -0.25) is 14.5 Å². The van der Waals surface area contributed by atoms with Crippen molar-refractivity contribution in [3.8, 4) is 28.2 Å². The summed E-state index contributed by atoms with van der Waals surface area (Å²) in [6, 6.07) is 11.8. The molecule has 0 amide bonds. The molecule has 0 radical (unpaired) electrons. The van der Waals surface area contributed by atoms with E-state index < -0.39 is 11.6 Å². The summed E-state index contributed by atoms with van der Waals surface area (Å²) in [4.78, 5) is 16.4. The van der Waals surface area contributed by atoms with Crippen LogP contribution in [-0.2, 0) is 0 Å². The standard InChI is InChI=1S/C26H19F2N7/c1-13-10-16(6-8-29-13)17-11-18(26-31-14(2)33-34-26)24-22(12-17)35(15(3)32-24)21-7-9-30-25-20(28)5-4-19(27)23(21)25/h4-12H,1-3H3,(H,31,33,34). The minimum absolute atomic E-state index is 0.0317. The highest BCUT2D eigenvalue weighted by Gasteiger charge is 2.21. The molecule has 0 saturated carbocycles. The summed E-state index contributed by atoms with van der Waals surface area (Å²) in [5, 5.41) is 8.50. The van der Waals surface area contributed by atoms with Crippen LogP contribution in [0.25, 0.3) is 50.1 Å². The van der Waals surface area contributed by atoms with Gasteiger partial charge in [-0.05, 0) is 74.4 Å². The van der Waals surface area contributed by atoms with Gasteiger partial charge < -0.3 is 4.98 Å². The molecule has 1 N–H and O–H groups in total. The van der Waals surface area contributed by atoms with E-state index in [1.165, 1.54) is 6.20 Å². The van der Waals surface area contributed by atoms with Gasteiger partial charge in [0.1, 0.15) is 34.3 Å². The van der Waals surface area contributed by atoms with Gasteiger partial charge in [0.25, 0.3) is 0 Å². The third-order valence-corrected chi connectivity index (χ3v) is 6.02. The van der Waals surface area contributed by atoms with Gasteiger partial charge >= 0.3 is 0 Å². The fraction of sp³-hybridized carbons (Fsp3) is 0.115. The van der Waals surface area contributed by atoms with Crippen LogP contribution in [0.5, 0.6) is 0 Å². The van der Waals surface area contributed by atoms with Crippen molar-refractivity contribution in [2.24, 2.45) is 0 Å². The predicted octanol–water partition coefficient (Wildman–Crippen LogP) is 5.62. The van der Waals surface area contributed by atoms with Crippen LogP contribution in [-0.4, -0.2) is 34.7 Å². The molecule has 0 aliphatic heterocycles. The number of fused-ring (bicyclic) bond motifs is 2. The van der Waals surface area contributed by atoms with Gasteiger partial charge in [0.2, 0.25) is 0 Å². The average molecular weight is 467 g/mol. The molecule has 0 fully saturated rings. The monoisotopic (exact) mass is 467 g/mol. The van der Waals surface area contributed by atoms with Crippen LogP contribution in [0.2, 0.25) is 0 Å². The molecule has 0 unspecified atom stereocenters. The summed E-state index contributed by atoms with van der Waals surface area (Å²) in [5.74, 6) is 0.708. The van der Waals surface area contributed by atoms with Crippen molar-refractivity contribution >= 4 is 21.9 Å². The van der Waals surface area contributed by atoms with Crippen LogP contribution in [0.4, 0.5) is 8.78 Å². The molecule has 0 aliphatic rings. The van der Waals surface area contributed by atoms with Crippen molar-refractivity contribution in [1.29, 1.82) is 0 Å². The number of hydrogen-bond donors (Lipinski definition) is 1. The Morgan fingerprint density at radius 2 is 1.60 bits per heavy atom. The number of halogens is 2. The van der Waals surface area contributed by atoms with Gasteiger partial charge in [0.15, 0.2) is 5.82 Å². The second kappa shape index (κ2) is 7.76. The highest BCUT2D eigenvalue weighted by Crippen LogP contribution is 2.36. The molecule has 172 valence electrons.